The zero-order valence-corrected chi connectivity index (χ0v) is 18.8. The number of amides is 2. The number of rotatable bonds is 4. The maximum Gasteiger partial charge on any atom is 0.318 e. The third-order valence-electron chi connectivity index (χ3n) is 6.09. The van der Waals surface area contributed by atoms with Gasteiger partial charge in [0.15, 0.2) is 5.65 Å². The molecule has 3 N–H and O–H groups in total. The van der Waals surface area contributed by atoms with Gasteiger partial charge in [-0.2, -0.15) is 0 Å². The zero-order chi connectivity index (χ0) is 22.8. The molecule has 1 aliphatic heterocycles. The molecule has 2 aromatic heterocycles. The third-order valence-corrected chi connectivity index (χ3v) is 6.09. The lowest BCUT2D eigenvalue weighted by Crippen LogP contribution is -2.44. The van der Waals surface area contributed by atoms with Crippen molar-refractivity contribution in [2.75, 3.05) is 50.5 Å². The molecule has 8 heteroatoms. The topological polar surface area (TPSA) is 89.2 Å². The molecule has 0 unspecified atom stereocenters. The number of hydrogen-bond donors (Lipinski definition) is 3. The number of H-pyrrole nitrogens is 1. The Labute approximate surface area is 192 Å². The number of carbonyl (C=O) groups excluding carboxylic acids is 1. The molecule has 0 spiro atoms. The molecule has 2 aromatic carbocycles. The number of nitrogens with one attached hydrogen (secondary N) is 3. The van der Waals surface area contributed by atoms with Gasteiger partial charge in [0.25, 0.3) is 0 Å². The van der Waals surface area contributed by atoms with Gasteiger partial charge in [-0.05, 0) is 36.9 Å². The molecule has 168 valence electrons. The van der Waals surface area contributed by atoms with Crippen LogP contribution in [-0.2, 0) is 0 Å². The molecule has 1 saturated heterocycles. The van der Waals surface area contributed by atoms with Crippen LogP contribution in [0.2, 0.25) is 0 Å². The normalized spacial score (nSPS) is 14.4. The van der Waals surface area contributed by atoms with E-state index in [1.54, 1.807) is 7.05 Å². The van der Waals surface area contributed by atoms with Gasteiger partial charge in [0.05, 0.1) is 11.9 Å². The molecule has 1 fully saturated rings. The van der Waals surface area contributed by atoms with E-state index in [0.717, 1.165) is 65.4 Å². The van der Waals surface area contributed by atoms with E-state index in [1.807, 2.05) is 36.7 Å². The SMILES string of the molecule is CNC(=O)Nc1ccc(-c2c[nH]c3ncc(-c4ccc(N5CCN(C)CC5)cc4)nc23)cc1. The number of piperazine rings is 1. The molecule has 0 atom stereocenters. The van der Waals surface area contributed by atoms with Gasteiger partial charge < -0.3 is 25.4 Å². The quantitative estimate of drug-likeness (QED) is 0.448. The maximum absolute atomic E-state index is 11.5. The number of anilines is 2. The fraction of sp³-hybridized carbons (Fsp3) is 0.240. The Balaban J connectivity index is 1.40. The molecule has 33 heavy (non-hydrogen) atoms. The first-order chi connectivity index (χ1) is 16.1. The fourth-order valence-corrected chi connectivity index (χ4v) is 4.08. The lowest BCUT2D eigenvalue weighted by atomic mass is 10.1. The molecular weight excluding hydrogens is 414 g/mol. The summed E-state index contributed by atoms with van der Waals surface area (Å²) >= 11 is 0. The summed E-state index contributed by atoms with van der Waals surface area (Å²) in [6.07, 6.45) is 3.73. The van der Waals surface area contributed by atoms with Crippen LogP contribution in [0, 0.1) is 0 Å². The highest BCUT2D eigenvalue weighted by atomic mass is 16.2. The smallest absolute Gasteiger partial charge is 0.318 e. The average Bonchev–Trinajstić information content (AvgIpc) is 3.28. The van der Waals surface area contributed by atoms with Crippen LogP contribution < -0.4 is 15.5 Å². The molecule has 3 heterocycles. The van der Waals surface area contributed by atoms with Crippen LogP contribution in [0.3, 0.4) is 0 Å². The second kappa shape index (κ2) is 8.91. The predicted octanol–water partition coefficient (Wildman–Crippen LogP) is 3.80. The van der Waals surface area contributed by atoms with E-state index in [0.29, 0.717) is 0 Å². The highest BCUT2D eigenvalue weighted by molar-refractivity contribution is 5.93. The zero-order valence-electron chi connectivity index (χ0n) is 18.8. The Kier molecular flexibility index (Phi) is 5.66. The van der Waals surface area contributed by atoms with Gasteiger partial charge in [-0.25, -0.2) is 14.8 Å². The van der Waals surface area contributed by atoms with Crippen LogP contribution in [0.5, 0.6) is 0 Å². The number of urea groups is 1. The Hall–Kier alpha value is -3.91. The number of benzene rings is 2. The van der Waals surface area contributed by atoms with Crippen molar-refractivity contribution in [1.29, 1.82) is 0 Å². The van der Waals surface area contributed by atoms with E-state index in [9.17, 15) is 4.79 Å². The summed E-state index contributed by atoms with van der Waals surface area (Å²) < 4.78 is 0. The first-order valence-corrected chi connectivity index (χ1v) is 11.1. The number of fused-ring (bicyclic) bond motifs is 1. The number of nitrogens with zero attached hydrogens (tertiary/aromatic N) is 4. The average molecular weight is 442 g/mol. The summed E-state index contributed by atoms with van der Waals surface area (Å²) in [5.41, 5.74) is 7.39. The third kappa shape index (κ3) is 4.38. The molecule has 0 bridgehead atoms. The Morgan fingerprint density at radius 3 is 2.36 bits per heavy atom. The number of aromatic nitrogens is 3. The van der Waals surface area contributed by atoms with E-state index >= 15 is 0 Å². The van der Waals surface area contributed by atoms with E-state index in [4.69, 9.17) is 4.98 Å². The molecule has 8 nitrogen and oxygen atoms in total. The highest BCUT2D eigenvalue weighted by Crippen LogP contribution is 2.30. The fourth-order valence-electron chi connectivity index (χ4n) is 4.08. The van der Waals surface area contributed by atoms with E-state index in [1.165, 1.54) is 5.69 Å². The molecule has 1 aliphatic rings. The molecular formula is C25H27N7O. The first kappa shape index (κ1) is 21.0. The van der Waals surface area contributed by atoms with Gasteiger partial charge in [0, 0.05) is 61.9 Å². The molecule has 5 rings (SSSR count). The molecule has 0 aliphatic carbocycles. The number of aromatic amines is 1. The van der Waals surface area contributed by atoms with Crippen LogP contribution in [0.4, 0.5) is 16.2 Å². The molecule has 2 amide bonds. The predicted molar refractivity (Wildman–Crippen MR) is 133 cm³/mol. The summed E-state index contributed by atoms with van der Waals surface area (Å²) in [4.78, 5) is 29.0. The lowest BCUT2D eigenvalue weighted by molar-refractivity contribution is 0.254. The van der Waals surface area contributed by atoms with Gasteiger partial charge in [0.1, 0.15) is 5.52 Å². The number of hydrogen-bond acceptors (Lipinski definition) is 5. The van der Waals surface area contributed by atoms with Crippen LogP contribution >= 0.6 is 0 Å². The van der Waals surface area contributed by atoms with E-state index in [2.05, 4.69) is 61.7 Å². The molecule has 4 aromatic rings. The van der Waals surface area contributed by atoms with Crippen molar-refractivity contribution >= 4 is 28.6 Å². The summed E-state index contributed by atoms with van der Waals surface area (Å²) in [5.74, 6) is 0. The van der Waals surface area contributed by atoms with Gasteiger partial charge in [0.2, 0.25) is 0 Å². The van der Waals surface area contributed by atoms with Crippen molar-refractivity contribution in [2.24, 2.45) is 0 Å². The second-order valence-corrected chi connectivity index (χ2v) is 8.27. The van der Waals surface area contributed by atoms with Crippen molar-refractivity contribution < 1.29 is 4.79 Å². The van der Waals surface area contributed by atoms with Crippen molar-refractivity contribution in [2.45, 2.75) is 0 Å². The monoisotopic (exact) mass is 441 g/mol. The minimum absolute atomic E-state index is 0.246. The number of likely N-dealkylation sites (N-methyl/N-ethyl adjacent to an activating group) is 1. The minimum Gasteiger partial charge on any atom is -0.369 e. The van der Waals surface area contributed by atoms with Crippen molar-refractivity contribution in [1.82, 2.24) is 25.2 Å². The largest absolute Gasteiger partial charge is 0.369 e. The Morgan fingerprint density at radius 2 is 1.67 bits per heavy atom. The Morgan fingerprint density at radius 1 is 0.970 bits per heavy atom. The van der Waals surface area contributed by atoms with Crippen LogP contribution in [0.1, 0.15) is 0 Å². The van der Waals surface area contributed by atoms with Gasteiger partial charge in [-0.15, -0.1) is 0 Å². The summed E-state index contributed by atoms with van der Waals surface area (Å²) in [6.45, 7) is 4.27. The van der Waals surface area contributed by atoms with Crippen molar-refractivity contribution in [3.63, 3.8) is 0 Å². The van der Waals surface area contributed by atoms with Crippen molar-refractivity contribution in [3.05, 3.63) is 60.9 Å². The van der Waals surface area contributed by atoms with Crippen molar-refractivity contribution in [3.8, 4) is 22.4 Å². The highest BCUT2D eigenvalue weighted by Gasteiger charge is 2.15. The van der Waals surface area contributed by atoms with Crippen LogP contribution in [0.25, 0.3) is 33.5 Å². The minimum atomic E-state index is -0.246. The summed E-state index contributed by atoms with van der Waals surface area (Å²) in [7, 11) is 3.76. The number of carbonyl (C=O) groups is 1. The second-order valence-electron chi connectivity index (χ2n) is 8.27. The van der Waals surface area contributed by atoms with Gasteiger partial charge in [-0.3, -0.25) is 0 Å². The standard InChI is InChI=1S/C25H27N7O/c1-26-25(33)29-19-7-3-17(4-8-19)21-15-27-24-23(21)30-22(16-28-24)18-5-9-20(10-6-18)32-13-11-31(2)12-14-32/h3-10,15-16H,11-14H2,1-2H3,(H,27,28)(H2,26,29,33). The van der Waals surface area contributed by atoms with E-state index < -0.39 is 0 Å². The maximum atomic E-state index is 11.5. The van der Waals surface area contributed by atoms with Crippen LogP contribution in [0.15, 0.2) is 60.9 Å². The molecule has 0 saturated carbocycles. The van der Waals surface area contributed by atoms with Gasteiger partial charge in [-0.1, -0.05) is 24.3 Å². The lowest BCUT2D eigenvalue weighted by Gasteiger charge is -2.34. The summed E-state index contributed by atoms with van der Waals surface area (Å²) in [6, 6.07) is 16.0. The van der Waals surface area contributed by atoms with E-state index in [-0.39, 0.29) is 6.03 Å². The van der Waals surface area contributed by atoms with Crippen LogP contribution in [-0.4, -0.2) is 66.2 Å². The summed E-state index contributed by atoms with van der Waals surface area (Å²) in [5, 5.41) is 5.32. The molecule has 0 radical (unpaired) electrons. The Bertz CT molecular complexity index is 1260. The first-order valence-electron chi connectivity index (χ1n) is 11.1. The van der Waals surface area contributed by atoms with Gasteiger partial charge >= 0.3 is 6.03 Å².